The second-order valence-corrected chi connectivity index (χ2v) is 19.8. The average molecular weight is 408 g/mol. The summed E-state index contributed by atoms with van der Waals surface area (Å²) in [5.41, 5.74) is 1.12. The molecule has 0 amide bonds. The molecule has 113 valence electrons. The SMILES string of the molecule is CC(C)(C(c1ccccc1)C(C)(C)[Si](Cl)(Cl)Cl)[Si](Cl)Cl. The Morgan fingerprint density at radius 1 is 0.950 bits per heavy atom. The maximum absolute atomic E-state index is 6.38. The van der Waals surface area contributed by atoms with E-state index in [0.717, 1.165) is 5.56 Å². The number of hydrogen-bond acceptors (Lipinski definition) is 0. The van der Waals surface area contributed by atoms with E-state index in [1.54, 1.807) is 0 Å². The van der Waals surface area contributed by atoms with E-state index in [2.05, 4.69) is 26.0 Å². The van der Waals surface area contributed by atoms with E-state index in [1.165, 1.54) is 0 Å². The van der Waals surface area contributed by atoms with Crippen LogP contribution in [0.15, 0.2) is 30.3 Å². The van der Waals surface area contributed by atoms with Crippen molar-refractivity contribution in [3.8, 4) is 0 Å². The highest BCUT2D eigenvalue weighted by Crippen LogP contribution is 2.64. The summed E-state index contributed by atoms with van der Waals surface area (Å²) in [6.45, 7) is 8.13. The van der Waals surface area contributed by atoms with Crippen molar-refractivity contribution in [3.63, 3.8) is 0 Å². The van der Waals surface area contributed by atoms with Gasteiger partial charge in [0.2, 0.25) is 0 Å². The summed E-state index contributed by atoms with van der Waals surface area (Å²) < 4.78 is 0. The topological polar surface area (TPSA) is 0 Å². The molecule has 0 nitrogen and oxygen atoms in total. The smallest absolute Gasteiger partial charge is 0.146 e. The van der Waals surface area contributed by atoms with Crippen LogP contribution in [0.3, 0.4) is 0 Å². The molecule has 1 aromatic rings. The Bertz CT molecular complexity index is 440. The van der Waals surface area contributed by atoms with Crippen molar-refractivity contribution in [2.24, 2.45) is 0 Å². The Labute approximate surface area is 147 Å². The predicted molar refractivity (Wildman–Crippen MR) is 98.0 cm³/mol. The van der Waals surface area contributed by atoms with Crippen LogP contribution in [0.1, 0.15) is 39.2 Å². The quantitative estimate of drug-likeness (QED) is 0.366. The summed E-state index contributed by atoms with van der Waals surface area (Å²) in [6.07, 6.45) is 0. The fraction of sp³-hybridized carbons (Fsp3) is 0.538. The third kappa shape index (κ3) is 3.89. The summed E-state index contributed by atoms with van der Waals surface area (Å²) >= 11 is 31.8. The minimum atomic E-state index is -2.97. The monoisotopic (exact) mass is 405 g/mol. The highest BCUT2D eigenvalue weighted by Gasteiger charge is 2.56. The molecular formula is C13H18Cl5Si2. The van der Waals surface area contributed by atoms with Crippen LogP contribution in [-0.2, 0) is 0 Å². The molecule has 1 atom stereocenters. The van der Waals surface area contributed by atoms with Gasteiger partial charge in [0.25, 0.3) is 7.42 Å². The van der Waals surface area contributed by atoms with E-state index in [9.17, 15) is 0 Å². The van der Waals surface area contributed by atoms with Gasteiger partial charge >= 0.3 is 6.00 Å². The first-order valence-electron chi connectivity index (χ1n) is 6.22. The number of hydrogen-bond donors (Lipinski definition) is 0. The molecule has 0 aliphatic heterocycles. The molecule has 7 heteroatoms. The van der Waals surface area contributed by atoms with Crippen LogP contribution in [0.4, 0.5) is 0 Å². The van der Waals surface area contributed by atoms with E-state index in [-0.39, 0.29) is 11.0 Å². The third-order valence-corrected chi connectivity index (χ3v) is 14.1. The molecule has 0 aliphatic rings. The Morgan fingerprint density at radius 3 is 1.75 bits per heavy atom. The van der Waals surface area contributed by atoms with Crippen LogP contribution in [0.5, 0.6) is 0 Å². The van der Waals surface area contributed by atoms with Gasteiger partial charge < -0.3 is 0 Å². The second-order valence-electron chi connectivity index (χ2n) is 6.05. The molecule has 0 fully saturated rings. The molecule has 0 aliphatic carbocycles. The van der Waals surface area contributed by atoms with E-state index in [4.69, 9.17) is 55.4 Å². The first kappa shape index (κ1) is 19.2. The van der Waals surface area contributed by atoms with Crippen LogP contribution in [0.2, 0.25) is 10.1 Å². The van der Waals surface area contributed by atoms with Crippen LogP contribution in [0.25, 0.3) is 0 Å². The first-order valence-corrected chi connectivity index (χ1v) is 14.8. The largest absolute Gasteiger partial charge is 0.347 e. The number of halogens is 5. The summed E-state index contributed by atoms with van der Waals surface area (Å²) in [7, 11) is -1.61. The molecule has 0 saturated carbocycles. The van der Waals surface area contributed by atoms with Gasteiger partial charge in [-0.15, -0.1) is 55.4 Å². The van der Waals surface area contributed by atoms with Gasteiger partial charge in [-0.05, 0) is 16.5 Å². The van der Waals surface area contributed by atoms with Crippen molar-refractivity contribution < 1.29 is 0 Å². The first-order chi connectivity index (χ1) is 8.92. The summed E-state index contributed by atoms with van der Waals surface area (Å²) in [5, 5.41) is -0.808. The second kappa shape index (κ2) is 6.70. The fourth-order valence-corrected chi connectivity index (χ4v) is 6.04. The molecular weight excluding hydrogens is 390 g/mol. The molecule has 1 rings (SSSR count). The van der Waals surface area contributed by atoms with Crippen molar-refractivity contribution in [1.82, 2.24) is 0 Å². The zero-order valence-electron chi connectivity index (χ0n) is 11.9. The van der Waals surface area contributed by atoms with E-state index in [0.29, 0.717) is 0 Å². The molecule has 0 heterocycles. The van der Waals surface area contributed by atoms with Crippen molar-refractivity contribution in [1.29, 1.82) is 0 Å². The zero-order valence-corrected chi connectivity index (χ0v) is 17.6. The maximum atomic E-state index is 6.38. The summed E-state index contributed by atoms with van der Waals surface area (Å²) in [4.78, 5) is 0. The maximum Gasteiger partial charge on any atom is 0.347 e. The predicted octanol–water partition coefficient (Wildman–Crippen LogP) is 6.95. The highest BCUT2D eigenvalue weighted by molar-refractivity contribution is 7.65. The van der Waals surface area contributed by atoms with Crippen molar-refractivity contribution in [3.05, 3.63) is 35.9 Å². The number of benzene rings is 1. The van der Waals surface area contributed by atoms with Crippen molar-refractivity contribution >= 4 is 68.8 Å². The Balaban J connectivity index is 3.45. The Hall–Kier alpha value is 1.10. The third-order valence-electron chi connectivity index (χ3n) is 3.79. The van der Waals surface area contributed by atoms with Gasteiger partial charge in [-0.2, -0.15) is 0 Å². The lowest BCUT2D eigenvalue weighted by atomic mass is 9.78. The summed E-state index contributed by atoms with van der Waals surface area (Å²) in [5.74, 6) is -0.0146. The van der Waals surface area contributed by atoms with Crippen LogP contribution in [-0.4, -0.2) is 13.4 Å². The van der Waals surface area contributed by atoms with Crippen LogP contribution < -0.4 is 0 Å². The Morgan fingerprint density at radius 2 is 1.40 bits per heavy atom. The van der Waals surface area contributed by atoms with Crippen molar-refractivity contribution in [2.45, 2.75) is 43.7 Å². The Kier molecular flexibility index (Phi) is 6.41. The summed E-state index contributed by atoms with van der Waals surface area (Å²) in [6, 6.07) is 7.09. The van der Waals surface area contributed by atoms with E-state index >= 15 is 0 Å². The lowest BCUT2D eigenvalue weighted by Gasteiger charge is -2.47. The highest BCUT2D eigenvalue weighted by atomic mass is 35.8. The standard InChI is InChI=1S/C13H18Cl5Si2/c1-12(2,19(14)15)11(10-8-6-5-7-9-10)13(3,4)20(16,17)18/h5-9,11H,1-4H3. The van der Waals surface area contributed by atoms with Gasteiger partial charge in [0, 0.05) is 5.04 Å². The zero-order chi connectivity index (χ0) is 15.8. The van der Waals surface area contributed by atoms with Crippen LogP contribution >= 0.6 is 55.4 Å². The molecule has 1 unspecified atom stereocenters. The molecule has 0 aromatic heterocycles. The minimum Gasteiger partial charge on any atom is -0.146 e. The van der Waals surface area contributed by atoms with Gasteiger partial charge in [-0.1, -0.05) is 58.0 Å². The molecule has 20 heavy (non-hydrogen) atoms. The minimum absolute atomic E-state index is 0.0146. The van der Waals surface area contributed by atoms with Gasteiger partial charge in [-0.25, -0.2) is 0 Å². The van der Waals surface area contributed by atoms with E-state index < -0.39 is 18.5 Å². The van der Waals surface area contributed by atoms with Crippen LogP contribution in [0, 0.1) is 0 Å². The molecule has 0 bridgehead atoms. The molecule has 0 saturated heterocycles. The molecule has 1 aromatic carbocycles. The number of rotatable bonds is 5. The molecule has 1 radical (unpaired) electrons. The van der Waals surface area contributed by atoms with E-state index in [1.807, 2.05) is 32.0 Å². The van der Waals surface area contributed by atoms with Gasteiger partial charge in [0.05, 0.1) is 0 Å². The lowest BCUT2D eigenvalue weighted by Crippen LogP contribution is -2.41. The van der Waals surface area contributed by atoms with Gasteiger partial charge in [0.15, 0.2) is 0 Å². The lowest BCUT2D eigenvalue weighted by molar-refractivity contribution is 0.413. The normalized spacial score (nSPS) is 15.5. The van der Waals surface area contributed by atoms with Gasteiger partial charge in [-0.3, -0.25) is 0 Å². The van der Waals surface area contributed by atoms with Gasteiger partial charge in [0.1, 0.15) is 0 Å². The average Bonchev–Trinajstić information content (AvgIpc) is 2.28. The van der Waals surface area contributed by atoms with Crippen molar-refractivity contribution in [2.75, 3.05) is 0 Å². The molecule has 0 spiro atoms. The molecule has 0 N–H and O–H groups in total. The fourth-order valence-electron chi connectivity index (χ4n) is 2.65.